The Balaban J connectivity index is 2.31. The highest BCUT2D eigenvalue weighted by Gasteiger charge is 2.31. The number of aliphatic carboxylic acids is 1. The molecule has 0 aliphatic heterocycles. The van der Waals surface area contributed by atoms with E-state index in [1.54, 1.807) is 0 Å². The van der Waals surface area contributed by atoms with E-state index in [9.17, 15) is 23.1 Å². The van der Waals surface area contributed by atoms with Gasteiger partial charge in [-0.3, -0.25) is 9.59 Å². The van der Waals surface area contributed by atoms with Crippen molar-refractivity contribution in [1.82, 2.24) is 0 Å². The molecule has 1 aromatic rings. The molecule has 1 N–H and O–H groups in total. The molecule has 0 spiro atoms. The molecule has 7 heteroatoms. The minimum absolute atomic E-state index is 0.00370. The maximum Gasteiger partial charge on any atom is 0.310 e. The number of carbonyl (C=O) groups is 2. The minimum atomic E-state index is -3.46. The Kier molecular flexibility index (Phi) is 4.92. The molecule has 120 valence electrons. The molecule has 0 radical (unpaired) electrons. The van der Waals surface area contributed by atoms with Gasteiger partial charge in [0.1, 0.15) is 5.78 Å². The first-order valence-electron chi connectivity index (χ1n) is 6.95. The van der Waals surface area contributed by atoms with Gasteiger partial charge < -0.3 is 5.11 Å². The topological polar surface area (TPSA) is 88.5 Å². The summed E-state index contributed by atoms with van der Waals surface area (Å²) >= 11 is 5.97. The third-order valence-corrected chi connectivity index (χ3v) is 5.59. The number of benzene rings is 1. The Morgan fingerprint density at radius 1 is 1.45 bits per heavy atom. The quantitative estimate of drug-likeness (QED) is 0.887. The lowest BCUT2D eigenvalue weighted by Crippen LogP contribution is -2.18. The number of carboxylic acids is 1. The zero-order valence-electron chi connectivity index (χ0n) is 12.1. The van der Waals surface area contributed by atoms with Gasteiger partial charge in [0.15, 0.2) is 9.84 Å². The van der Waals surface area contributed by atoms with Gasteiger partial charge in [-0.2, -0.15) is 0 Å². The molecule has 1 saturated carbocycles. The molecule has 2 rings (SSSR count). The SMILES string of the molecule is CS(=O)(=O)c1ccc([C@H](C[C@H]2CCCC2=O)C(=O)O)cc1Cl. The molecular weight excluding hydrogens is 328 g/mol. The van der Waals surface area contributed by atoms with Crippen LogP contribution in [0.3, 0.4) is 0 Å². The van der Waals surface area contributed by atoms with Crippen LogP contribution in [-0.4, -0.2) is 31.5 Å². The summed E-state index contributed by atoms with van der Waals surface area (Å²) in [5.41, 5.74) is 0.421. The Morgan fingerprint density at radius 3 is 2.59 bits per heavy atom. The fourth-order valence-corrected chi connectivity index (χ4v) is 4.17. The number of halogens is 1. The van der Waals surface area contributed by atoms with Crippen LogP contribution < -0.4 is 0 Å². The third-order valence-electron chi connectivity index (χ3n) is 4.01. The molecule has 1 fully saturated rings. The fourth-order valence-electron chi connectivity index (χ4n) is 2.84. The second kappa shape index (κ2) is 6.38. The van der Waals surface area contributed by atoms with Gasteiger partial charge in [0, 0.05) is 18.6 Å². The maximum atomic E-state index is 11.7. The summed E-state index contributed by atoms with van der Waals surface area (Å²) in [5.74, 6) is -2.04. The van der Waals surface area contributed by atoms with E-state index >= 15 is 0 Å². The monoisotopic (exact) mass is 344 g/mol. The molecule has 22 heavy (non-hydrogen) atoms. The molecule has 1 aliphatic carbocycles. The molecule has 0 saturated heterocycles. The van der Waals surface area contributed by atoms with Gasteiger partial charge in [0.05, 0.1) is 15.8 Å². The van der Waals surface area contributed by atoms with Gasteiger partial charge in [-0.15, -0.1) is 0 Å². The van der Waals surface area contributed by atoms with E-state index in [1.165, 1.54) is 18.2 Å². The van der Waals surface area contributed by atoms with E-state index in [0.29, 0.717) is 18.4 Å². The number of hydrogen-bond donors (Lipinski definition) is 1. The Hall–Kier alpha value is -1.40. The molecule has 2 atom stereocenters. The number of rotatable bonds is 5. The average Bonchev–Trinajstić information content (AvgIpc) is 2.79. The van der Waals surface area contributed by atoms with Crippen molar-refractivity contribution in [1.29, 1.82) is 0 Å². The lowest BCUT2D eigenvalue weighted by molar-refractivity contribution is -0.139. The number of ketones is 1. The number of hydrogen-bond acceptors (Lipinski definition) is 4. The largest absolute Gasteiger partial charge is 0.481 e. The van der Waals surface area contributed by atoms with Gasteiger partial charge in [0.2, 0.25) is 0 Å². The summed E-state index contributed by atoms with van der Waals surface area (Å²) in [6, 6.07) is 4.15. The Labute approximate surface area is 134 Å². The van der Waals surface area contributed by atoms with Crippen molar-refractivity contribution in [2.75, 3.05) is 6.26 Å². The molecule has 0 heterocycles. The lowest BCUT2D eigenvalue weighted by atomic mass is 9.87. The van der Waals surface area contributed by atoms with Crippen LogP contribution in [0.5, 0.6) is 0 Å². The first kappa shape index (κ1) is 17.0. The van der Waals surface area contributed by atoms with E-state index in [0.717, 1.165) is 12.7 Å². The standard InChI is InChI=1S/C15H17ClO5S/c1-22(20,21)14-6-5-9(8-12(14)16)11(15(18)19)7-10-3-2-4-13(10)17/h5-6,8,10-11H,2-4,7H2,1H3,(H,18,19)/t10-,11+/m1/s1. The summed E-state index contributed by atoms with van der Waals surface area (Å²) < 4.78 is 23.1. The lowest BCUT2D eigenvalue weighted by Gasteiger charge is -2.17. The van der Waals surface area contributed by atoms with Crippen molar-refractivity contribution in [2.24, 2.45) is 5.92 Å². The molecular formula is C15H17ClO5S. The van der Waals surface area contributed by atoms with Crippen LogP contribution in [0.2, 0.25) is 5.02 Å². The van der Waals surface area contributed by atoms with Crippen molar-refractivity contribution in [3.05, 3.63) is 28.8 Å². The Morgan fingerprint density at radius 2 is 2.14 bits per heavy atom. The number of Topliss-reactive ketones (excluding diaryl/α,β-unsaturated/α-hetero) is 1. The number of carbonyl (C=O) groups excluding carboxylic acids is 1. The first-order valence-corrected chi connectivity index (χ1v) is 9.22. The fraction of sp³-hybridized carbons (Fsp3) is 0.467. The highest BCUT2D eigenvalue weighted by molar-refractivity contribution is 7.90. The number of carboxylic acid groups (broad SMARTS) is 1. The molecule has 5 nitrogen and oxygen atoms in total. The molecule has 0 unspecified atom stereocenters. The van der Waals surface area contributed by atoms with Crippen LogP contribution in [-0.2, 0) is 19.4 Å². The Bertz CT molecular complexity index is 711. The molecule has 1 aromatic carbocycles. The van der Waals surface area contributed by atoms with Crippen molar-refractivity contribution in [3.8, 4) is 0 Å². The van der Waals surface area contributed by atoms with Crippen molar-refractivity contribution < 1.29 is 23.1 Å². The van der Waals surface area contributed by atoms with Gasteiger partial charge in [-0.05, 0) is 37.0 Å². The highest BCUT2D eigenvalue weighted by atomic mass is 35.5. The summed E-state index contributed by atoms with van der Waals surface area (Å²) in [5, 5.41) is 9.42. The number of sulfone groups is 1. The van der Waals surface area contributed by atoms with Crippen molar-refractivity contribution >= 4 is 33.2 Å². The smallest absolute Gasteiger partial charge is 0.310 e. The first-order chi connectivity index (χ1) is 10.2. The second-order valence-corrected chi connectivity index (χ2v) is 8.04. The van der Waals surface area contributed by atoms with E-state index in [4.69, 9.17) is 11.6 Å². The molecule has 0 aromatic heterocycles. The zero-order valence-corrected chi connectivity index (χ0v) is 13.7. The van der Waals surface area contributed by atoms with E-state index in [2.05, 4.69) is 0 Å². The summed E-state index contributed by atoms with van der Waals surface area (Å²) in [7, 11) is -3.46. The normalized spacial score (nSPS) is 20.1. The van der Waals surface area contributed by atoms with Gasteiger partial charge >= 0.3 is 5.97 Å². The van der Waals surface area contributed by atoms with Gasteiger partial charge in [-0.25, -0.2) is 8.42 Å². The van der Waals surface area contributed by atoms with Crippen LogP contribution >= 0.6 is 11.6 Å². The molecule has 0 amide bonds. The summed E-state index contributed by atoms with van der Waals surface area (Å²) in [6.07, 6.45) is 3.27. The summed E-state index contributed by atoms with van der Waals surface area (Å²) in [4.78, 5) is 23.2. The summed E-state index contributed by atoms with van der Waals surface area (Å²) in [6.45, 7) is 0. The van der Waals surface area contributed by atoms with E-state index < -0.39 is 21.7 Å². The van der Waals surface area contributed by atoms with Crippen LogP contribution in [0, 0.1) is 5.92 Å². The zero-order chi connectivity index (χ0) is 16.5. The van der Waals surface area contributed by atoms with Crippen LogP contribution in [0.4, 0.5) is 0 Å². The predicted octanol–water partition coefficient (Wildman–Crippen LogP) is 2.67. The molecule has 1 aliphatic rings. The van der Waals surface area contributed by atoms with Crippen LogP contribution in [0.1, 0.15) is 37.2 Å². The van der Waals surface area contributed by atoms with Crippen molar-refractivity contribution in [2.45, 2.75) is 36.5 Å². The van der Waals surface area contributed by atoms with Crippen molar-refractivity contribution in [3.63, 3.8) is 0 Å². The van der Waals surface area contributed by atoms with Crippen LogP contribution in [0.15, 0.2) is 23.1 Å². The predicted molar refractivity (Wildman–Crippen MR) is 81.9 cm³/mol. The third kappa shape index (κ3) is 3.67. The second-order valence-electron chi connectivity index (χ2n) is 5.64. The van der Waals surface area contributed by atoms with Gasteiger partial charge in [-0.1, -0.05) is 17.7 Å². The van der Waals surface area contributed by atoms with Gasteiger partial charge in [0.25, 0.3) is 0 Å². The van der Waals surface area contributed by atoms with E-state index in [-0.39, 0.29) is 28.0 Å². The molecule has 0 bridgehead atoms. The highest BCUT2D eigenvalue weighted by Crippen LogP contribution is 2.34. The van der Waals surface area contributed by atoms with Crippen LogP contribution in [0.25, 0.3) is 0 Å². The average molecular weight is 345 g/mol. The maximum absolute atomic E-state index is 11.7. The minimum Gasteiger partial charge on any atom is -0.481 e. The van der Waals surface area contributed by atoms with E-state index in [1.807, 2.05) is 0 Å².